The van der Waals surface area contributed by atoms with Crippen LogP contribution in [-0.4, -0.2) is 46.2 Å². The van der Waals surface area contributed by atoms with Crippen LogP contribution < -0.4 is 0 Å². The number of methoxy groups -OCH3 is 1. The molecule has 0 aromatic carbocycles. The first-order valence-electron chi connectivity index (χ1n) is 12.3. The van der Waals surface area contributed by atoms with Crippen LogP contribution in [0.25, 0.3) is 0 Å². The summed E-state index contributed by atoms with van der Waals surface area (Å²) >= 11 is 0. The maximum absolute atomic E-state index is 11.0. The first-order valence-corrected chi connectivity index (χ1v) is 12.3. The molecule has 0 bridgehead atoms. The highest BCUT2D eigenvalue weighted by Gasteiger charge is 2.63. The predicted octanol–water partition coefficient (Wildman–Crippen LogP) is 4.31. The van der Waals surface area contributed by atoms with Gasteiger partial charge in [0, 0.05) is 19.4 Å². The van der Waals surface area contributed by atoms with Crippen LogP contribution in [0.3, 0.4) is 0 Å². The van der Waals surface area contributed by atoms with Crippen LogP contribution in [0.2, 0.25) is 0 Å². The molecule has 174 valence electrons. The molecule has 0 aliphatic heterocycles. The normalized spacial score (nSPS) is 35.5. The van der Waals surface area contributed by atoms with Gasteiger partial charge in [0.2, 0.25) is 0 Å². The number of aliphatic hydroxyl groups excluding tert-OH is 2. The van der Waals surface area contributed by atoms with Crippen molar-refractivity contribution < 1.29 is 24.9 Å². The van der Waals surface area contributed by atoms with Gasteiger partial charge < -0.3 is 20.1 Å². The third-order valence-corrected chi connectivity index (χ3v) is 7.92. The van der Waals surface area contributed by atoms with E-state index in [4.69, 9.17) is 9.84 Å². The van der Waals surface area contributed by atoms with E-state index in [9.17, 15) is 15.0 Å². The topological polar surface area (TPSA) is 87.0 Å². The summed E-state index contributed by atoms with van der Waals surface area (Å²) in [7, 11) is 1.73. The van der Waals surface area contributed by atoms with Crippen molar-refractivity contribution >= 4 is 5.97 Å². The lowest BCUT2D eigenvalue weighted by molar-refractivity contribution is -0.167. The Hall–Kier alpha value is -1.35. The summed E-state index contributed by atoms with van der Waals surface area (Å²) in [5.74, 6) is 6.02. The quantitative estimate of drug-likeness (QED) is 0.393. The Kier molecular flexibility index (Phi) is 8.61. The SMILES string of the molecule is CCCCC1C(=CCCC(=O)O)[C@@]2(OC)CC[C@@H](O)[C@H](C#CC(O)C3CCCCC3)[C@@H]12. The van der Waals surface area contributed by atoms with Crippen LogP contribution in [-0.2, 0) is 9.53 Å². The van der Waals surface area contributed by atoms with Crippen molar-refractivity contribution in [2.45, 2.75) is 102 Å². The summed E-state index contributed by atoms with van der Waals surface area (Å²) in [4.78, 5) is 11.0. The Morgan fingerprint density at radius 2 is 2.03 bits per heavy atom. The average molecular weight is 433 g/mol. The lowest BCUT2D eigenvalue weighted by Gasteiger charge is -2.62. The molecule has 0 heterocycles. The molecule has 0 spiro atoms. The Morgan fingerprint density at radius 1 is 1.29 bits per heavy atom. The third-order valence-electron chi connectivity index (χ3n) is 7.92. The Bertz CT molecular complexity index is 698. The molecule has 0 radical (unpaired) electrons. The van der Waals surface area contributed by atoms with E-state index in [1.807, 2.05) is 0 Å². The van der Waals surface area contributed by atoms with Crippen LogP contribution in [0.4, 0.5) is 0 Å². The van der Waals surface area contributed by atoms with Crippen LogP contribution in [0, 0.1) is 35.5 Å². The molecular weight excluding hydrogens is 392 g/mol. The van der Waals surface area contributed by atoms with Gasteiger partial charge in [-0.25, -0.2) is 0 Å². The molecule has 3 N–H and O–H groups in total. The second kappa shape index (κ2) is 11.0. The Labute approximate surface area is 187 Å². The molecule has 0 aromatic heterocycles. The van der Waals surface area contributed by atoms with E-state index in [-0.39, 0.29) is 30.1 Å². The minimum absolute atomic E-state index is 0.0925. The largest absolute Gasteiger partial charge is 0.481 e. The van der Waals surface area contributed by atoms with Gasteiger partial charge in [0.05, 0.1) is 17.6 Å². The van der Waals surface area contributed by atoms with Gasteiger partial charge in [-0.2, -0.15) is 0 Å². The van der Waals surface area contributed by atoms with Crippen LogP contribution in [0.15, 0.2) is 11.6 Å². The maximum atomic E-state index is 11.0. The number of hydrogen-bond acceptors (Lipinski definition) is 4. The van der Waals surface area contributed by atoms with E-state index in [0.29, 0.717) is 12.8 Å². The number of aliphatic hydroxyl groups is 2. The molecule has 3 aliphatic rings. The first kappa shape index (κ1) is 24.3. The summed E-state index contributed by atoms with van der Waals surface area (Å²) in [6, 6.07) is 0. The van der Waals surface area contributed by atoms with Gasteiger partial charge in [-0.3, -0.25) is 4.79 Å². The highest BCUT2D eigenvalue weighted by molar-refractivity contribution is 5.66. The number of fused-ring (bicyclic) bond motifs is 1. The molecule has 0 amide bonds. The van der Waals surface area contributed by atoms with Gasteiger partial charge in [-0.1, -0.05) is 56.9 Å². The monoisotopic (exact) mass is 432 g/mol. The van der Waals surface area contributed by atoms with Gasteiger partial charge in [-0.05, 0) is 55.9 Å². The van der Waals surface area contributed by atoms with Crippen LogP contribution >= 0.6 is 0 Å². The second-order valence-electron chi connectivity index (χ2n) is 9.72. The van der Waals surface area contributed by atoms with Crippen LogP contribution in [0.1, 0.15) is 84.0 Å². The zero-order valence-electron chi connectivity index (χ0n) is 19.2. The first-order chi connectivity index (χ1) is 14.9. The fourth-order valence-corrected chi connectivity index (χ4v) is 6.29. The van der Waals surface area contributed by atoms with Crippen molar-refractivity contribution in [1.82, 2.24) is 0 Å². The van der Waals surface area contributed by atoms with E-state index in [1.54, 1.807) is 7.11 Å². The Morgan fingerprint density at radius 3 is 2.68 bits per heavy atom. The van der Waals surface area contributed by atoms with Crippen molar-refractivity contribution in [3.05, 3.63) is 11.6 Å². The number of carbonyl (C=O) groups is 1. The fraction of sp³-hybridized carbons (Fsp3) is 0.808. The molecule has 0 aromatic rings. The average Bonchev–Trinajstić information content (AvgIpc) is 2.77. The number of unbranched alkanes of at least 4 members (excludes halogenated alkanes) is 1. The molecule has 2 unspecified atom stereocenters. The summed E-state index contributed by atoms with van der Waals surface area (Å²) in [5, 5.41) is 30.6. The molecule has 3 rings (SSSR count). The molecule has 3 aliphatic carbocycles. The number of carboxylic acids is 1. The number of aliphatic carboxylic acids is 1. The number of carboxylic acid groups (broad SMARTS) is 1. The van der Waals surface area contributed by atoms with Gasteiger partial charge in [0.1, 0.15) is 6.10 Å². The predicted molar refractivity (Wildman–Crippen MR) is 120 cm³/mol. The molecule has 6 atom stereocenters. The van der Waals surface area contributed by atoms with Gasteiger partial charge >= 0.3 is 5.97 Å². The lowest BCUT2D eigenvalue weighted by Crippen LogP contribution is -2.64. The van der Waals surface area contributed by atoms with E-state index in [2.05, 4.69) is 24.8 Å². The molecular formula is C26H40O5. The minimum Gasteiger partial charge on any atom is -0.481 e. The number of hydrogen-bond donors (Lipinski definition) is 3. The van der Waals surface area contributed by atoms with E-state index in [0.717, 1.165) is 51.4 Å². The number of rotatable bonds is 8. The molecule has 0 saturated heterocycles. The summed E-state index contributed by atoms with van der Waals surface area (Å²) in [5.41, 5.74) is 0.756. The lowest BCUT2D eigenvalue weighted by atomic mass is 9.47. The van der Waals surface area contributed by atoms with Crippen molar-refractivity contribution in [1.29, 1.82) is 0 Å². The maximum Gasteiger partial charge on any atom is 0.303 e. The zero-order valence-corrected chi connectivity index (χ0v) is 19.2. The van der Waals surface area contributed by atoms with Gasteiger partial charge in [0.15, 0.2) is 0 Å². The fourth-order valence-electron chi connectivity index (χ4n) is 6.29. The molecule has 31 heavy (non-hydrogen) atoms. The molecule has 5 nitrogen and oxygen atoms in total. The van der Waals surface area contributed by atoms with Crippen molar-refractivity contribution in [3.63, 3.8) is 0 Å². The third kappa shape index (κ3) is 5.18. The van der Waals surface area contributed by atoms with Crippen molar-refractivity contribution in [2.75, 3.05) is 7.11 Å². The minimum atomic E-state index is -0.788. The number of ether oxygens (including phenoxy) is 1. The smallest absolute Gasteiger partial charge is 0.303 e. The van der Waals surface area contributed by atoms with E-state index in [1.165, 1.54) is 12.0 Å². The highest BCUT2D eigenvalue weighted by Crippen LogP contribution is 2.61. The summed E-state index contributed by atoms with van der Waals surface area (Å²) in [6.07, 6.45) is 11.7. The summed E-state index contributed by atoms with van der Waals surface area (Å²) < 4.78 is 6.10. The zero-order chi connectivity index (χ0) is 22.4. The van der Waals surface area contributed by atoms with Crippen molar-refractivity contribution in [3.8, 4) is 11.8 Å². The van der Waals surface area contributed by atoms with Crippen LogP contribution in [0.5, 0.6) is 0 Å². The highest BCUT2D eigenvalue weighted by atomic mass is 16.5. The summed E-state index contributed by atoms with van der Waals surface area (Å²) in [6.45, 7) is 2.17. The van der Waals surface area contributed by atoms with Gasteiger partial charge in [0.25, 0.3) is 0 Å². The van der Waals surface area contributed by atoms with E-state index < -0.39 is 23.8 Å². The standard InChI is InChI=1S/C26H40O5/c1-3-4-11-19-21(12-8-13-24(29)30)26(31-2)17-16-23(28)20(25(19)26)14-15-22(27)18-9-6-5-7-10-18/h12,18-20,22-23,25,27-28H,3-11,13,16-17H2,1-2H3,(H,29,30)/t19?,20-,22?,23+,25+,26-/m0/s1. The van der Waals surface area contributed by atoms with Gasteiger partial charge in [-0.15, -0.1) is 0 Å². The van der Waals surface area contributed by atoms with E-state index >= 15 is 0 Å². The Balaban J connectivity index is 1.83. The second-order valence-corrected chi connectivity index (χ2v) is 9.72. The molecule has 3 saturated carbocycles. The molecule has 5 heteroatoms. The van der Waals surface area contributed by atoms with Crippen molar-refractivity contribution in [2.24, 2.45) is 23.7 Å². The number of allylic oxidation sites excluding steroid dienone is 1. The molecule has 3 fully saturated rings.